The predicted molar refractivity (Wildman–Crippen MR) is 115 cm³/mol. The normalized spacial score (nSPS) is 31.1. The van der Waals surface area contributed by atoms with Crippen LogP contribution in [0.2, 0.25) is 0 Å². The number of carbonyl (C=O) groups excluding carboxylic acids is 3. The van der Waals surface area contributed by atoms with Crippen molar-refractivity contribution < 1.29 is 43.2 Å². The number of aliphatic hydroxyl groups excluding tert-OH is 1. The molecule has 2 aliphatic rings. The number of methoxy groups -OCH3 is 1. The molecule has 194 valence electrons. The third-order valence-corrected chi connectivity index (χ3v) is 5.17. The van der Waals surface area contributed by atoms with E-state index in [-0.39, 0.29) is 12.2 Å². The number of hydrogen-bond donors (Lipinski definition) is 1. The van der Waals surface area contributed by atoms with Gasteiger partial charge in [0, 0.05) is 28.6 Å². The molecular weight excluding hydrogens is 486 g/mol. The second-order valence-corrected chi connectivity index (χ2v) is 7.59. The molecule has 1 N–H and O–H groups in total. The molecule has 18 nitrogen and oxygen atoms in total. The van der Waals surface area contributed by atoms with Crippen LogP contribution in [0.4, 0.5) is 0 Å². The van der Waals surface area contributed by atoms with Crippen molar-refractivity contribution in [2.24, 2.45) is 15.3 Å². The van der Waals surface area contributed by atoms with Crippen molar-refractivity contribution in [2.45, 2.75) is 75.5 Å². The quantitative estimate of drug-likeness (QED) is 0.156. The summed E-state index contributed by atoms with van der Waals surface area (Å²) >= 11 is 0. The van der Waals surface area contributed by atoms with Crippen LogP contribution >= 0.6 is 0 Å². The van der Waals surface area contributed by atoms with Gasteiger partial charge in [-0.2, -0.15) is 0 Å². The summed E-state index contributed by atoms with van der Waals surface area (Å²) in [6.45, 7) is 2.18. The van der Waals surface area contributed by atoms with Gasteiger partial charge in [-0.3, -0.25) is 14.4 Å². The van der Waals surface area contributed by atoms with E-state index in [2.05, 4.69) is 34.8 Å². The summed E-state index contributed by atoms with van der Waals surface area (Å²) < 4.78 is 26.4. The molecule has 36 heavy (non-hydrogen) atoms. The minimum atomic E-state index is -1.70. The minimum absolute atomic E-state index is 0.0587. The fourth-order valence-corrected chi connectivity index (χ4v) is 3.78. The van der Waals surface area contributed by atoms with Gasteiger partial charge >= 0.3 is 17.9 Å². The molecule has 0 saturated heterocycles. The Hall–Kier alpha value is -4.20. The number of carbonyl (C=O) groups is 3. The fourth-order valence-electron chi connectivity index (χ4n) is 3.78. The highest BCUT2D eigenvalue weighted by atomic mass is 16.7. The topological polar surface area (TPSA) is 264 Å². The number of ether oxygens (including phenoxy) is 5. The maximum Gasteiger partial charge on any atom is 0.313 e. The molecule has 0 bridgehead atoms. The van der Waals surface area contributed by atoms with Crippen molar-refractivity contribution in [1.29, 1.82) is 0 Å². The third-order valence-electron chi connectivity index (χ3n) is 5.17. The Labute approximate surface area is 202 Å². The Morgan fingerprint density at radius 3 is 2.14 bits per heavy atom. The summed E-state index contributed by atoms with van der Waals surface area (Å²) in [5.41, 5.74) is 26.9. The van der Waals surface area contributed by atoms with E-state index in [0.29, 0.717) is 0 Å². The van der Waals surface area contributed by atoms with Gasteiger partial charge in [0.1, 0.15) is 36.5 Å². The number of esters is 3. The lowest BCUT2D eigenvalue weighted by Gasteiger charge is -2.43. The van der Waals surface area contributed by atoms with Crippen LogP contribution in [0, 0.1) is 0 Å². The molecule has 2 rings (SSSR count). The number of aliphatic hydroxyl groups is 1. The van der Waals surface area contributed by atoms with E-state index in [4.69, 9.17) is 35.5 Å². The zero-order valence-electron chi connectivity index (χ0n) is 19.3. The lowest BCUT2D eigenvalue weighted by atomic mass is 9.84. The molecule has 8 atom stereocenters. The maximum absolute atomic E-state index is 11.8. The summed E-state index contributed by atoms with van der Waals surface area (Å²) in [6.07, 6.45) is -6.69. The Balaban J connectivity index is 2.47. The lowest BCUT2D eigenvalue weighted by Crippen LogP contribution is -2.59. The molecule has 0 unspecified atom stereocenters. The zero-order chi connectivity index (χ0) is 26.8. The second-order valence-electron chi connectivity index (χ2n) is 7.59. The summed E-state index contributed by atoms with van der Waals surface area (Å²) in [6, 6.07) is -3.61. The average Bonchev–Trinajstić information content (AvgIpc) is 2.80. The van der Waals surface area contributed by atoms with Gasteiger partial charge in [0.05, 0.1) is 25.3 Å². The van der Waals surface area contributed by atoms with Gasteiger partial charge in [0.2, 0.25) is 6.29 Å². The maximum atomic E-state index is 11.8. The van der Waals surface area contributed by atoms with Gasteiger partial charge in [-0.05, 0) is 29.1 Å². The molecule has 0 aromatic rings. The summed E-state index contributed by atoms with van der Waals surface area (Å²) in [5, 5.41) is 21.6. The lowest BCUT2D eigenvalue weighted by molar-refractivity contribution is -0.230. The fraction of sp³-hybridized carbons (Fsp3) is 0.722. The molecule has 1 fully saturated rings. The first-order valence-corrected chi connectivity index (χ1v) is 10.4. The molecule has 0 aromatic heterocycles. The Morgan fingerprint density at radius 2 is 1.61 bits per heavy atom. The summed E-state index contributed by atoms with van der Waals surface area (Å²) in [7, 11) is 1.14. The van der Waals surface area contributed by atoms with Gasteiger partial charge in [-0.25, -0.2) is 0 Å². The highest BCUT2D eigenvalue weighted by Gasteiger charge is 2.49. The van der Waals surface area contributed by atoms with Crippen molar-refractivity contribution in [2.75, 3.05) is 7.11 Å². The molecule has 1 aliphatic heterocycles. The van der Waals surface area contributed by atoms with Crippen LogP contribution in [0.5, 0.6) is 0 Å². The summed E-state index contributed by atoms with van der Waals surface area (Å²) in [4.78, 5) is 43.1. The first kappa shape index (κ1) is 28.0. The predicted octanol–water partition coefficient (Wildman–Crippen LogP) is 1.84. The monoisotopic (exact) mass is 509 g/mol. The Morgan fingerprint density at radius 1 is 1.03 bits per heavy atom. The SMILES string of the molecule is COC(=O)CC1=C[C@H](OC(C)=O)[C@@H](N=[N+]=[N-])[C@@H](O[C@H]2[C@H](O)[C@@H](OC(C)=O)[C@H](N=[N+]=[N-])C[C@@H]2N=[N+]=[N-])O1. The number of hydrogen-bond acceptors (Lipinski definition) is 12. The van der Waals surface area contributed by atoms with Gasteiger partial charge in [-0.15, -0.1) is 0 Å². The van der Waals surface area contributed by atoms with Crippen molar-refractivity contribution in [3.63, 3.8) is 0 Å². The smallest absolute Gasteiger partial charge is 0.313 e. The van der Waals surface area contributed by atoms with Gasteiger partial charge in [-0.1, -0.05) is 15.3 Å². The standard InChI is InChI=1S/C18H23N9O9/c1-7(28)33-12-4-9(5-13(30)32-3)35-18(14(12)24-27-21)36-17-11(23-26-20)6-10(22-25-19)16(15(17)31)34-8(2)29/h4,10-12,14-18,31H,5-6H2,1-3H3/t10-,11+,12+,14-,15-,16+,17-,18-/m1/s1. The molecule has 0 aromatic carbocycles. The molecule has 0 amide bonds. The van der Waals surface area contributed by atoms with Crippen LogP contribution in [0.15, 0.2) is 27.2 Å². The van der Waals surface area contributed by atoms with E-state index in [9.17, 15) is 19.5 Å². The molecule has 1 saturated carbocycles. The average molecular weight is 509 g/mol. The molecular formula is C18H23N9O9. The van der Waals surface area contributed by atoms with Crippen LogP contribution in [-0.2, 0) is 38.1 Å². The van der Waals surface area contributed by atoms with Crippen molar-refractivity contribution >= 4 is 17.9 Å². The van der Waals surface area contributed by atoms with Gasteiger partial charge < -0.3 is 28.8 Å². The van der Waals surface area contributed by atoms with E-state index in [1.165, 1.54) is 6.08 Å². The molecule has 0 radical (unpaired) electrons. The third kappa shape index (κ3) is 7.15. The van der Waals surface area contributed by atoms with Crippen LogP contribution in [0.1, 0.15) is 26.7 Å². The number of azide groups is 3. The van der Waals surface area contributed by atoms with Crippen LogP contribution in [0.3, 0.4) is 0 Å². The Bertz CT molecular complexity index is 1030. The Kier molecular flexibility index (Phi) is 10.2. The van der Waals surface area contributed by atoms with E-state index in [0.717, 1.165) is 21.0 Å². The molecule has 18 heteroatoms. The zero-order valence-corrected chi connectivity index (χ0v) is 19.3. The minimum Gasteiger partial charge on any atom is -0.469 e. The van der Waals surface area contributed by atoms with Crippen molar-refractivity contribution in [3.8, 4) is 0 Å². The summed E-state index contributed by atoms with van der Waals surface area (Å²) in [5.74, 6) is -2.31. The van der Waals surface area contributed by atoms with Crippen LogP contribution in [0.25, 0.3) is 31.3 Å². The number of rotatable bonds is 9. The van der Waals surface area contributed by atoms with Gasteiger partial charge in [0.25, 0.3) is 0 Å². The molecule has 1 aliphatic carbocycles. The van der Waals surface area contributed by atoms with E-state index >= 15 is 0 Å². The molecule has 1 heterocycles. The van der Waals surface area contributed by atoms with Crippen LogP contribution < -0.4 is 0 Å². The second kappa shape index (κ2) is 13.0. The van der Waals surface area contributed by atoms with E-state index in [1.807, 2.05) is 0 Å². The van der Waals surface area contributed by atoms with Gasteiger partial charge in [0.15, 0.2) is 0 Å². The van der Waals surface area contributed by atoms with E-state index in [1.54, 1.807) is 0 Å². The van der Waals surface area contributed by atoms with Crippen molar-refractivity contribution in [1.82, 2.24) is 0 Å². The molecule has 0 spiro atoms. The first-order valence-electron chi connectivity index (χ1n) is 10.4. The highest BCUT2D eigenvalue weighted by molar-refractivity contribution is 5.72. The highest BCUT2D eigenvalue weighted by Crippen LogP contribution is 2.34. The number of nitrogens with zero attached hydrogens (tertiary/aromatic N) is 9. The van der Waals surface area contributed by atoms with Crippen molar-refractivity contribution in [3.05, 3.63) is 43.2 Å². The van der Waals surface area contributed by atoms with Crippen LogP contribution in [-0.4, -0.2) is 79.0 Å². The van der Waals surface area contributed by atoms with E-state index < -0.39 is 73.2 Å². The largest absolute Gasteiger partial charge is 0.469 e. The first-order chi connectivity index (χ1) is 17.1.